The molecule has 3 N–H and O–H groups in total. The Labute approximate surface area is 123 Å². The summed E-state index contributed by atoms with van der Waals surface area (Å²) in [6.07, 6.45) is 1.17. The van der Waals surface area contributed by atoms with Gasteiger partial charge in [0.2, 0.25) is 5.91 Å². The molecule has 1 amide bonds. The summed E-state index contributed by atoms with van der Waals surface area (Å²) in [6, 6.07) is 17.2. The Bertz CT molecular complexity index is 611. The maximum absolute atomic E-state index is 11.9. The summed E-state index contributed by atoms with van der Waals surface area (Å²) in [5.41, 5.74) is 8.19. The summed E-state index contributed by atoms with van der Waals surface area (Å²) in [4.78, 5) is 12.2. The molecule has 0 spiro atoms. The summed E-state index contributed by atoms with van der Waals surface area (Å²) in [5, 5.41) is 2.85. The highest BCUT2D eigenvalue weighted by atomic mass is 32.1. The molecule has 0 unspecified atom stereocenters. The Morgan fingerprint density at radius 1 is 1.10 bits per heavy atom. The second kappa shape index (κ2) is 6.82. The van der Waals surface area contributed by atoms with E-state index in [1.165, 1.54) is 0 Å². The van der Waals surface area contributed by atoms with Crippen LogP contribution >= 0.6 is 12.2 Å². The van der Waals surface area contributed by atoms with E-state index in [9.17, 15) is 4.79 Å². The fourth-order valence-electron chi connectivity index (χ4n) is 1.88. The number of hydrogen-bond acceptors (Lipinski definition) is 2. The maximum Gasteiger partial charge on any atom is 0.224 e. The number of rotatable bonds is 5. The van der Waals surface area contributed by atoms with Gasteiger partial charge >= 0.3 is 0 Å². The molecule has 0 bridgehead atoms. The predicted octanol–water partition coefficient (Wildman–Crippen LogP) is 2.89. The van der Waals surface area contributed by atoms with Gasteiger partial charge in [-0.05, 0) is 24.1 Å². The molecule has 0 radical (unpaired) electrons. The molecule has 0 aliphatic carbocycles. The molecule has 0 saturated carbocycles. The Hall–Kier alpha value is -2.20. The van der Waals surface area contributed by atoms with E-state index >= 15 is 0 Å². The molecule has 102 valence electrons. The first-order valence-electron chi connectivity index (χ1n) is 6.39. The number of nitrogens with one attached hydrogen (secondary N) is 1. The standard InChI is InChI=1S/C16H16N2OS/c17-16(20)13-7-4-8-14(11-13)18-15(19)10-9-12-5-2-1-3-6-12/h1-8,11H,9-10H2,(H2,17,20)(H,18,19). The van der Waals surface area contributed by atoms with E-state index in [-0.39, 0.29) is 5.91 Å². The maximum atomic E-state index is 11.9. The van der Waals surface area contributed by atoms with Crippen molar-refractivity contribution in [3.8, 4) is 0 Å². The van der Waals surface area contributed by atoms with Gasteiger partial charge in [-0.25, -0.2) is 0 Å². The fourth-order valence-corrected chi connectivity index (χ4v) is 2.00. The number of carbonyl (C=O) groups is 1. The van der Waals surface area contributed by atoms with Crippen LogP contribution in [0.4, 0.5) is 5.69 Å². The van der Waals surface area contributed by atoms with E-state index in [0.29, 0.717) is 17.1 Å². The van der Waals surface area contributed by atoms with Crippen molar-refractivity contribution in [1.29, 1.82) is 0 Å². The summed E-state index contributed by atoms with van der Waals surface area (Å²) >= 11 is 4.92. The van der Waals surface area contributed by atoms with Crippen molar-refractivity contribution < 1.29 is 4.79 Å². The molecule has 0 fully saturated rings. The molecular formula is C16H16N2OS. The Kier molecular flexibility index (Phi) is 4.85. The number of hydrogen-bond donors (Lipinski definition) is 2. The zero-order chi connectivity index (χ0) is 14.4. The molecule has 3 nitrogen and oxygen atoms in total. The Balaban J connectivity index is 1.91. The number of aryl methyl sites for hydroxylation is 1. The number of carbonyl (C=O) groups excluding carboxylic acids is 1. The van der Waals surface area contributed by atoms with E-state index < -0.39 is 0 Å². The molecule has 4 heteroatoms. The van der Waals surface area contributed by atoms with Gasteiger partial charge in [-0.2, -0.15) is 0 Å². The first kappa shape index (κ1) is 14.2. The third-order valence-electron chi connectivity index (χ3n) is 2.91. The zero-order valence-corrected chi connectivity index (χ0v) is 11.8. The van der Waals surface area contributed by atoms with E-state index in [2.05, 4.69) is 5.32 Å². The lowest BCUT2D eigenvalue weighted by Crippen LogP contribution is -2.14. The summed E-state index contributed by atoms with van der Waals surface area (Å²) in [7, 11) is 0. The molecule has 0 aliphatic heterocycles. The van der Waals surface area contributed by atoms with Crippen LogP contribution in [-0.2, 0) is 11.2 Å². The van der Waals surface area contributed by atoms with Crippen LogP contribution in [0.3, 0.4) is 0 Å². The molecule has 2 rings (SSSR count). The van der Waals surface area contributed by atoms with Gasteiger partial charge in [0.1, 0.15) is 4.99 Å². The van der Waals surface area contributed by atoms with Crippen LogP contribution in [0.25, 0.3) is 0 Å². The summed E-state index contributed by atoms with van der Waals surface area (Å²) in [5.74, 6) is -0.0195. The lowest BCUT2D eigenvalue weighted by molar-refractivity contribution is -0.116. The second-order valence-corrected chi connectivity index (χ2v) is 4.92. The van der Waals surface area contributed by atoms with Gasteiger partial charge in [-0.3, -0.25) is 4.79 Å². The highest BCUT2D eigenvalue weighted by molar-refractivity contribution is 7.80. The predicted molar refractivity (Wildman–Crippen MR) is 85.7 cm³/mol. The van der Waals surface area contributed by atoms with Gasteiger partial charge in [0.05, 0.1) is 0 Å². The normalized spacial score (nSPS) is 10.0. The third kappa shape index (κ3) is 4.17. The van der Waals surface area contributed by atoms with E-state index in [1.54, 1.807) is 6.07 Å². The highest BCUT2D eigenvalue weighted by Crippen LogP contribution is 2.11. The molecule has 0 aliphatic rings. The zero-order valence-electron chi connectivity index (χ0n) is 11.0. The first-order chi connectivity index (χ1) is 9.65. The van der Waals surface area contributed by atoms with Crippen LogP contribution in [0.5, 0.6) is 0 Å². The van der Waals surface area contributed by atoms with Crippen molar-refractivity contribution in [2.45, 2.75) is 12.8 Å². The SMILES string of the molecule is NC(=S)c1cccc(NC(=O)CCc2ccccc2)c1. The molecule has 2 aromatic carbocycles. The fraction of sp³-hybridized carbons (Fsp3) is 0.125. The average Bonchev–Trinajstić information content (AvgIpc) is 2.46. The number of amides is 1. The highest BCUT2D eigenvalue weighted by Gasteiger charge is 2.04. The molecule has 0 aromatic heterocycles. The van der Waals surface area contributed by atoms with E-state index in [0.717, 1.165) is 17.5 Å². The third-order valence-corrected chi connectivity index (χ3v) is 3.15. The molecule has 20 heavy (non-hydrogen) atoms. The lowest BCUT2D eigenvalue weighted by Gasteiger charge is -2.07. The minimum absolute atomic E-state index is 0.0195. The Morgan fingerprint density at radius 2 is 1.85 bits per heavy atom. The van der Waals surface area contributed by atoms with Crippen molar-refractivity contribution in [1.82, 2.24) is 0 Å². The van der Waals surface area contributed by atoms with Gasteiger partial charge in [0.25, 0.3) is 0 Å². The van der Waals surface area contributed by atoms with E-state index in [4.69, 9.17) is 18.0 Å². The van der Waals surface area contributed by atoms with Gasteiger partial charge in [0, 0.05) is 17.7 Å². The van der Waals surface area contributed by atoms with Crippen molar-refractivity contribution in [3.05, 3.63) is 65.7 Å². The van der Waals surface area contributed by atoms with Crippen molar-refractivity contribution >= 4 is 28.8 Å². The van der Waals surface area contributed by atoms with Crippen LogP contribution in [0.2, 0.25) is 0 Å². The van der Waals surface area contributed by atoms with Crippen LogP contribution in [0.1, 0.15) is 17.5 Å². The number of nitrogens with two attached hydrogens (primary N) is 1. The minimum atomic E-state index is -0.0195. The average molecular weight is 284 g/mol. The quantitative estimate of drug-likeness (QED) is 0.830. The molecule has 2 aromatic rings. The second-order valence-electron chi connectivity index (χ2n) is 4.48. The van der Waals surface area contributed by atoms with Gasteiger partial charge in [-0.15, -0.1) is 0 Å². The molecule has 0 atom stereocenters. The molecule has 0 heterocycles. The van der Waals surface area contributed by atoms with Crippen molar-refractivity contribution in [2.75, 3.05) is 5.32 Å². The van der Waals surface area contributed by atoms with Crippen molar-refractivity contribution in [2.24, 2.45) is 5.73 Å². The molecule has 0 saturated heterocycles. The number of benzene rings is 2. The van der Waals surface area contributed by atoms with E-state index in [1.807, 2.05) is 48.5 Å². The summed E-state index contributed by atoms with van der Waals surface area (Å²) in [6.45, 7) is 0. The number of anilines is 1. The first-order valence-corrected chi connectivity index (χ1v) is 6.79. The minimum Gasteiger partial charge on any atom is -0.389 e. The van der Waals surface area contributed by atoms with Gasteiger partial charge in [0.15, 0.2) is 0 Å². The summed E-state index contributed by atoms with van der Waals surface area (Å²) < 4.78 is 0. The smallest absolute Gasteiger partial charge is 0.224 e. The largest absolute Gasteiger partial charge is 0.389 e. The van der Waals surface area contributed by atoms with Gasteiger partial charge in [-0.1, -0.05) is 54.7 Å². The topological polar surface area (TPSA) is 55.1 Å². The van der Waals surface area contributed by atoms with Crippen LogP contribution in [0, 0.1) is 0 Å². The monoisotopic (exact) mass is 284 g/mol. The van der Waals surface area contributed by atoms with Crippen LogP contribution in [-0.4, -0.2) is 10.9 Å². The lowest BCUT2D eigenvalue weighted by atomic mass is 10.1. The Morgan fingerprint density at radius 3 is 2.55 bits per heavy atom. The van der Waals surface area contributed by atoms with Crippen LogP contribution < -0.4 is 11.1 Å². The number of thiocarbonyl (C=S) groups is 1. The van der Waals surface area contributed by atoms with Crippen molar-refractivity contribution in [3.63, 3.8) is 0 Å². The van der Waals surface area contributed by atoms with Crippen LogP contribution in [0.15, 0.2) is 54.6 Å². The van der Waals surface area contributed by atoms with Gasteiger partial charge < -0.3 is 11.1 Å². The molecular weight excluding hydrogens is 268 g/mol.